The quantitative estimate of drug-likeness (QED) is 0.901. The molecule has 0 saturated carbocycles. The molecule has 0 atom stereocenters. The Labute approximate surface area is 117 Å². The van der Waals surface area contributed by atoms with E-state index in [9.17, 15) is 23.1 Å². The Morgan fingerprint density at radius 2 is 1.57 bits per heavy atom. The largest absolute Gasteiger partial charge is 0.507 e. The average Bonchev–Trinajstić information content (AvgIpc) is 2.40. The van der Waals surface area contributed by atoms with Gasteiger partial charge in [0, 0.05) is 0 Å². The van der Waals surface area contributed by atoms with Crippen molar-refractivity contribution in [1.29, 1.82) is 0 Å². The first-order valence-electron chi connectivity index (χ1n) is 5.69. The third-order valence-corrected chi connectivity index (χ3v) is 2.62. The molecule has 0 amide bonds. The van der Waals surface area contributed by atoms with Crippen LogP contribution in [0, 0.1) is 0 Å². The second-order valence-corrected chi connectivity index (χ2v) is 4.11. The molecule has 0 aliphatic heterocycles. The normalized spacial score (nSPS) is 11.2. The molecule has 2 aromatic carbocycles. The van der Waals surface area contributed by atoms with E-state index in [1.54, 1.807) is 0 Å². The summed E-state index contributed by atoms with van der Waals surface area (Å²) in [6, 6.07) is 7.46. The number of rotatable bonds is 3. The number of ether oxygens (including phenoxy) is 1. The molecule has 0 heterocycles. The predicted octanol–water partition coefficient (Wildman–Crippen LogP) is 3.90. The maximum atomic E-state index is 12.4. The van der Waals surface area contributed by atoms with Gasteiger partial charge >= 0.3 is 12.1 Å². The molecular formula is C14H9F3O4. The molecule has 2 rings (SSSR count). The molecule has 4 nitrogen and oxygen atoms in total. The zero-order valence-corrected chi connectivity index (χ0v) is 10.4. The Morgan fingerprint density at radius 3 is 2.10 bits per heavy atom. The molecule has 0 unspecified atom stereocenters. The summed E-state index contributed by atoms with van der Waals surface area (Å²) in [5.41, 5.74) is -1.17. The molecule has 0 radical (unpaired) electrons. The SMILES string of the molecule is O=C(O)c1cc(Oc2ccc(C(F)(F)F)cc2)ccc1O. The van der Waals surface area contributed by atoms with E-state index >= 15 is 0 Å². The maximum absolute atomic E-state index is 12.4. The fourth-order valence-corrected chi connectivity index (χ4v) is 1.60. The van der Waals surface area contributed by atoms with Gasteiger partial charge in [-0.15, -0.1) is 0 Å². The fourth-order valence-electron chi connectivity index (χ4n) is 1.60. The van der Waals surface area contributed by atoms with Crippen LogP contribution >= 0.6 is 0 Å². The number of aromatic hydroxyl groups is 1. The number of carboxylic acids is 1. The molecule has 7 heteroatoms. The summed E-state index contributed by atoms with van der Waals surface area (Å²) in [5.74, 6) is -1.57. The minimum Gasteiger partial charge on any atom is -0.507 e. The number of alkyl halides is 3. The number of carboxylic acid groups (broad SMARTS) is 1. The lowest BCUT2D eigenvalue weighted by Gasteiger charge is -2.09. The van der Waals surface area contributed by atoms with Crippen molar-refractivity contribution in [2.24, 2.45) is 0 Å². The van der Waals surface area contributed by atoms with Gasteiger partial charge < -0.3 is 14.9 Å². The van der Waals surface area contributed by atoms with Gasteiger partial charge in [0.15, 0.2) is 0 Å². The number of benzene rings is 2. The molecule has 0 spiro atoms. The molecular weight excluding hydrogens is 289 g/mol. The lowest BCUT2D eigenvalue weighted by molar-refractivity contribution is -0.137. The van der Waals surface area contributed by atoms with Crippen molar-refractivity contribution in [3.63, 3.8) is 0 Å². The minimum atomic E-state index is -4.44. The summed E-state index contributed by atoms with van der Waals surface area (Å²) >= 11 is 0. The lowest BCUT2D eigenvalue weighted by atomic mass is 10.2. The topological polar surface area (TPSA) is 66.8 Å². The molecule has 110 valence electrons. The van der Waals surface area contributed by atoms with Crippen LogP contribution in [0.15, 0.2) is 42.5 Å². The van der Waals surface area contributed by atoms with Crippen LogP contribution in [0.1, 0.15) is 15.9 Å². The number of hydrogen-bond acceptors (Lipinski definition) is 3. The first-order valence-corrected chi connectivity index (χ1v) is 5.69. The highest BCUT2D eigenvalue weighted by atomic mass is 19.4. The summed E-state index contributed by atoms with van der Waals surface area (Å²) in [4.78, 5) is 10.8. The Hall–Kier alpha value is -2.70. The Morgan fingerprint density at radius 1 is 1.00 bits per heavy atom. The summed E-state index contributed by atoms with van der Waals surface area (Å²) < 4.78 is 42.4. The van der Waals surface area contributed by atoms with Gasteiger partial charge in [0.25, 0.3) is 0 Å². The van der Waals surface area contributed by atoms with Crippen LogP contribution in [0.4, 0.5) is 13.2 Å². The Bertz CT molecular complexity index is 663. The third-order valence-electron chi connectivity index (χ3n) is 2.62. The molecule has 0 saturated heterocycles. The fraction of sp³-hybridized carbons (Fsp3) is 0.0714. The lowest BCUT2D eigenvalue weighted by Crippen LogP contribution is -2.04. The molecule has 0 aliphatic rings. The van der Waals surface area contributed by atoms with Crippen molar-refractivity contribution in [2.75, 3.05) is 0 Å². The van der Waals surface area contributed by atoms with Crippen LogP contribution in [0.5, 0.6) is 17.2 Å². The van der Waals surface area contributed by atoms with Crippen molar-refractivity contribution >= 4 is 5.97 Å². The van der Waals surface area contributed by atoms with Crippen LogP contribution in [0.25, 0.3) is 0 Å². The highest BCUT2D eigenvalue weighted by molar-refractivity contribution is 5.91. The van der Waals surface area contributed by atoms with E-state index in [0.29, 0.717) is 0 Å². The van der Waals surface area contributed by atoms with E-state index in [1.165, 1.54) is 6.07 Å². The molecule has 21 heavy (non-hydrogen) atoms. The molecule has 0 aliphatic carbocycles. The van der Waals surface area contributed by atoms with E-state index in [2.05, 4.69) is 0 Å². The van der Waals surface area contributed by atoms with E-state index in [1.807, 2.05) is 0 Å². The zero-order chi connectivity index (χ0) is 15.6. The number of carbonyl (C=O) groups is 1. The molecule has 2 aromatic rings. The van der Waals surface area contributed by atoms with Crippen LogP contribution in [-0.4, -0.2) is 16.2 Å². The number of halogens is 3. The molecule has 0 fully saturated rings. The van der Waals surface area contributed by atoms with Crippen molar-refractivity contribution in [3.8, 4) is 17.2 Å². The maximum Gasteiger partial charge on any atom is 0.416 e. The monoisotopic (exact) mass is 298 g/mol. The van der Waals surface area contributed by atoms with Gasteiger partial charge in [-0.2, -0.15) is 13.2 Å². The van der Waals surface area contributed by atoms with Crippen LogP contribution in [0.3, 0.4) is 0 Å². The zero-order valence-electron chi connectivity index (χ0n) is 10.4. The number of aromatic carboxylic acids is 1. The molecule has 0 aromatic heterocycles. The van der Waals surface area contributed by atoms with Crippen molar-refractivity contribution in [2.45, 2.75) is 6.18 Å². The van der Waals surface area contributed by atoms with Gasteiger partial charge in [0.05, 0.1) is 5.56 Å². The average molecular weight is 298 g/mol. The molecule has 2 N–H and O–H groups in total. The van der Waals surface area contributed by atoms with Gasteiger partial charge in [-0.05, 0) is 42.5 Å². The predicted molar refractivity (Wildman–Crippen MR) is 66.6 cm³/mol. The summed E-state index contributed by atoms with van der Waals surface area (Å²) in [5, 5.41) is 18.2. The first kappa shape index (κ1) is 14.7. The van der Waals surface area contributed by atoms with Gasteiger partial charge in [-0.3, -0.25) is 0 Å². The Balaban J connectivity index is 2.22. The third kappa shape index (κ3) is 3.44. The van der Waals surface area contributed by atoms with Crippen LogP contribution in [0.2, 0.25) is 0 Å². The highest BCUT2D eigenvalue weighted by Crippen LogP contribution is 2.32. The summed E-state index contributed by atoms with van der Waals surface area (Å²) in [6.07, 6.45) is -4.44. The number of phenols is 1. The van der Waals surface area contributed by atoms with Crippen molar-refractivity contribution in [3.05, 3.63) is 53.6 Å². The van der Waals surface area contributed by atoms with Crippen molar-refractivity contribution < 1.29 is 32.9 Å². The first-order chi connectivity index (χ1) is 9.77. The van der Waals surface area contributed by atoms with Gasteiger partial charge in [0.2, 0.25) is 0 Å². The van der Waals surface area contributed by atoms with E-state index in [-0.39, 0.29) is 17.1 Å². The summed E-state index contributed by atoms with van der Waals surface area (Å²) in [6.45, 7) is 0. The van der Waals surface area contributed by atoms with Crippen LogP contribution < -0.4 is 4.74 Å². The van der Waals surface area contributed by atoms with E-state index in [4.69, 9.17) is 9.84 Å². The van der Waals surface area contributed by atoms with E-state index in [0.717, 1.165) is 36.4 Å². The van der Waals surface area contributed by atoms with Gasteiger partial charge in [-0.25, -0.2) is 4.79 Å². The summed E-state index contributed by atoms with van der Waals surface area (Å²) in [7, 11) is 0. The minimum absolute atomic E-state index is 0.0879. The number of hydrogen-bond donors (Lipinski definition) is 2. The highest BCUT2D eigenvalue weighted by Gasteiger charge is 2.30. The van der Waals surface area contributed by atoms with Crippen LogP contribution in [-0.2, 0) is 6.18 Å². The second kappa shape index (κ2) is 5.35. The second-order valence-electron chi connectivity index (χ2n) is 4.11. The standard InChI is InChI=1S/C14H9F3O4/c15-14(16,17)8-1-3-9(4-2-8)21-10-5-6-12(18)11(7-10)13(19)20/h1-7,18H,(H,19,20). The van der Waals surface area contributed by atoms with Crippen molar-refractivity contribution in [1.82, 2.24) is 0 Å². The smallest absolute Gasteiger partial charge is 0.416 e. The Kier molecular flexibility index (Phi) is 3.75. The van der Waals surface area contributed by atoms with Gasteiger partial charge in [-0.1, -0.05) is 0 Å². The van der Waals surface area contributed by atoms with Gasteiger partial charge in [0.1, 0.15) is 22.8 Å². The molecule has 0 bridgehead atoms. The van der Waals surface area contributed by atoms with E-state index < -0.39 is 23.5 Å².